The molecule has 0 fully saturated rings. The topological polar surface area (TPSA) is 25.8 Å². The van der Waals surface area contributed by atoms with Crippen molar-refractivity contribution >= 4 is 51.9 Å². The number of para-hydroxylation sites is 4. The molecular formula is C59H59N3OSi+2. The van der Waals surface area contributed by atoms with Gasteiger partial charge in [-0.25, -0.2) is 0 Å². The molecule has 3 aromatic heterocycles. The third-order valence-corrected chi connectivity index (χ3v) is 16.5. The molecule has 6 aromatic carbocycles. The van der Waals surface area contributed by atoms with Gasteiger partial charge in [-0.15, -0.1) is 0 Å². The highest BCUT2D eigenvalue weighted by Gasteiger charge is 2.45. The van der Waals surface area contributed by atoms with Gasteiger partial charge in [-0.3, -0.25) is 0 Å². The van der Waals surface area contributed by atoms with E-state index in [1.807, 2.05) is 0 Å². The van der Waals surface area contributed by atoms with Gasteiger partial charge in [0.05, 0.1) is 14.5 Å². The number of pyridine rings is 1. The van der Waals surface area contributed by atoms with E-state index in [-0.39, 0.29) is 12.0 Å². The van der Waals surface area contributed by atoms with E-state index < -0.39 is 8.07 Å². The van der Waals surface area contributed by atoms with Crippen molar-refractivity contribution in [3.8, 4) is 28.3 Å². The summed E-state index contributed by atoms with van der Waals surface area (Å²) in [6.45, 7) is 22.0. The number of imidazole rings is 1. The molecule has 0 aliphatic carbocycles. The number of aromatic nitrogens is 3. The SMILES string of the molecule is C=C1CC2C(CCc3ccc4c(oc5ccccc54)c3-c3n(-c4c(C(C)C)cccc4C(C)C)c4ccccc4[n+]31)c1ccccc1-c1cc(Cc3ccccc3)c([Si](C)(C)C)c[n+]12. The molecule has 2 aliphatic heterocycles. The zero-order valence-corrected chi connectivity index (χ0v) is 39.5. The lowest BCUT2D eigenvalue weighted by Crippen LogP contribution is -2.54. The summed E-state index contributed by atoms with van der Waals surface area (Å²) >= 11 is 0. The van der Waals surface area contributed by atoms with Gasteiger partial charge in [0.25, 0.3) is 0 Å². The van der Waals surface area contributed by atoms with Crippen molar-refractivity contribution in [2.24, 2.45) is 0 Å². The van der Waals surface area contributed by atoms with E-state index in [4.69, 9.17) is 11.0 Å². The number of aryl methyl sites for hydroxylation is 1. The molecule has 2 unspecified atom stereocenters. The molecule has 318 valence electrons. The van der Waals surface area contributed by atoms with Gasteiger partial charge in [-0.2, -0.15) is 13.7 Å². The molecule has 11 rings (SSSR count). The van der Waals surface area contributed by atoms with E-state index in [2.05, 4.69) is 207 Å². The fourth-order valence-corrected chi connectivity index (χ4v) is 13.1. The van der Waals surface area contributed by atoms with Crippen LogP contribution in [0.25, 0.3) is 67.0 Å². The second kappa shape index (κ2) is 15.4. The monoisotopic (exact) mass is 853 g/mol. The second-order valence-electron chi connectivity index (χ2n) is 20.1. The number of rotatable bonds is 6. The van der Waals surface area contributed by atoms with Gasteiger partial charge >= 0.3 is 5.82 Å². The van der Waals surface area contributed by atoms with Crippen molar-refractivity contribution in [2.75, 3.05) is 0 Å². The normalized spacial score (nSPS) is 16.2. The molecule has 0 saturated heterocycles. The number of benzene rings is 6. The molecule has 2 aliphatic rings. The minimum atomic E-state index is -1.80. The Morgan fingerprint density at radius 3 is 2.22 bits per heavy atom. The lowest BCUT2D eigenvalue weighted by Gasteiger charge is -2.33. The molecule has 2 atom stereocenters. The number of furan rings is 1. The molecule has 64 heavy (non-hydrogen) atoms. The minimum absolute atomic E-state index is 0.159. The predicted octanol–water partition coefficient (Wildman–Crippen LogP) is 14.0. The summed E-state index contributed by atoms with van der Waals surface area (Å²) in [5, 5.41) is 3.84. The summed E-state index contributed by atoms with van der Waals surface area (Å²) in [7, 11) is -1.80. The van der Waals surface area contributed by atoms with Gasteiger partial charge in [0.2, 0.25) is 5.69 Å². The van der Waals surface area contributed by atoms with Crippen LogP contribution in [0.2, 0.25) is 19.6 Å². The first-order chi connectivity index (χ1) is 31.0. The molecule has 0 N–H and O–H groups in total. The van der Waals surface area contributed by atoms with Crippen LogP contribution >= 0.6 is 0 Å². The molecule has 5 heterocycles. The Bertz CT molecular complexity index is 3280. The van der Waals surface area contributed by atoms with Crippen LogP contribution in [0.4, 0.5) is 0 Å². The van der Waals surface area contributed by atoms with Crippen molar-refractivity contribution in [1.82, 2.24) is 4.57 Å². The van der Waals surface area contributed by atoms with Gasteiger partial charge in [0.15, 0.2) is 28.9 Å². The zero-order chi connectivity index (χ0) is 44.0. The largest absolute Gasteiger partial charge is 0.455 e. The number of fused-ring (bicyclic) bond motifs is 15. The first-order valence-electron chi connectivity index (χ1n) is 23.5. The molecule has 0 spiro atoms. The van der Waals surface area contributed by atoms with Crippen molar-refractivity contribution in [3.63, 3.8) is 0 Å². The quantitative estimate of drug-likeness (QED) is 0.121. The summed E-state index contributed by atoms with van der Waals surface area (Å²) in [5.74, 6) is 2.01. The van der Waals surface area contributed by atoms with Gasteiger partial charge in [0, 0.05) is 44.6 Å². The fourth-order valence-electron chi connectivity index (χ4n) is 11.4. The average molecular weight is 854 g/mol. The van der Waals surface area contributed by atoms with Crippen LogP contribution in [-0.2, 0) is 12.8 Å². The van der Waals surface area contributed by atoms with E-state index in [0.717, 1.165) is 64.7 Å². The van der Waals surface area contributed by atoms with Crippen molar-refractivity contribution in [1.29, 1.82) is 0 Å². The molecule has 5 heteroatoms. The van der Waals surface area contributed by atoms with E-state index in [9.17, 15) is 0 Å². The smallest absolute Gasteiger partial charge is 0.304 e. The van der Waals surface area contributed by atoms with Crippen LogP contribution in [0.5, 0.6) is 0 Å². The average Bonchev–Trinajstić information content (AvgIpc) is 3.84. The van der Waals surface area contributed by atoms with Gasteiger partial charge < -0.3 is 4.42 Å². The molecule has 0 saturated carbocycles. The molecule has 0 bridgehead atoms. The lowest BCUT2D eigenvalue weighted by atomic mass is 9.77. The first-order valence-corrected chi connectivity index (χ1v) is 27.0. The van der Waals surface area contributed by atoms with Crippen molar-refractivity contribution in [3.05, 3.63) is 186 Å². The van der Waals surface area contributed by atoms with E-state index in [0.29, 0.717) is 11.8 Å². The van der Waals surface area contributed by atoms with Crippen LogP contribution < -0.4 is 14.3 Å². The summed E-state index contributed by atoms with van der Waals surface area (Å²) in [4.78, 5) is 0. The third-order valence-electron chi connectivity index (χ3n) is 14.4. The number of nitrogens with zero attached hydrogens (tertiary/aromatic N) is 3. The second-order valence-corrected chi connectivity index (χ2v) is 25.2. The maximum atomic E-state index is 7.11. The van der Waals surface area contributed by atoms with Gasteiger partial charge in [0.1, 0.15) is 22.5 Å². The maximum absolute atomic E-state index is 7.11. The van der Waals surface area contributed by atoms with Crippen LogP contribution in [-0.4, -0.2) is 12.6 Å². The lowest BCUT2D eigenvalue weighted by molar-refractivity contribution is -0.719. The molecular weight excluding hydrogens is 795 g/mol. The molecule has 4 nitrogen and oxygen atoms in total. The summed E-state index contributed by atoms with van der Waals surface area (Å²) in [6.07, 6.45) is 6.21. The van der Waals surface area contributed by atoms with Crippen LogP contribution in [0.15, 0.2) is 157 Å². The standard InChI is InChI=1S/C59H59N3OSi/c1-37(2)43-24-18-25-44(38(3)4)57(43)62-51-27-16-15-26-50(51)61-39(5)33-52-47(31-29-41-30-32-49-48-23-14-17-28-54(48)63-58(49)56(41)59(61)62)45-21-12-13-22-46(45)53-35-42(34-40-19-10-9-11-20-40)55(36-60(52)53)64(6,7)8/h9-28,30,32,35-38,47,52H,5,29,31,33-34H2,1-4,6-8H3/q+2. The summed E-state index contributed by atoms with van der Waals surface area (Å²) in [5.41, 5.74) is 18.7. The summed E-state index contributed by atoms with van der Waals surface area (Å²) in [6, 6.07) is 52.3. The fraction of sp³-hybridized carbons (Fsp3) is 0.254. The van der Waals surface area contributed by atoms with Crippen LogP contribution in [0, 0.1) is 0 Å². The van der Waals surface area contributed by atoms with E-state index in [1.54, 1.807) is 0 Å². The number of hydrogen-bond acceptors (Lipinski definition) is 1. The minimum Gasteiger partial charge on any atom is -0.455 e. The van der Waals surface area contributed by atoms with Crippen molar-refractivity contribution < 1.29 is 13.6 Å². The van der Waals surface area contributed by atoms with Crippen molar-refractivity contribution in [2.45, 2.75) is 96.8 Å². The Morgan fingerprint density at radius 1 is 0.750 bits per heavy atom. The van der Waals surface area contributed by atoms with Gasteiger partial charge in [-0.05, 0) is 77.6 Å². The Balaban J connectivity index is 1.22. The highest BCUT2D eigenvalue weighted by molar-refractivity contribution is 6.89. The Kier molecular flexibility index (Phi) is 9.77. The summed E-state index contributed by atoms with van der Waals surface area (Å²) < 4.78 is 14.9. The Labute approximate surface area is 379 Å². The van der Waals surface area contributed by atoms with Gasteiger partial charge in [-0.1, -0.05) is 163 Å². The molecule has 0 radical (unpaired) electrons. The Hall–Kier alpha value is -6.30. The number of hydrogen-bond donors (Lipinski definition) is 0. The van der Waals surface area contributed by atoms with Crippen LogP contribution in [0.1, 0.15) is 97.7 Å². The highest BCUT2D eigenvalue weighted by Crippen LogP contribution is 2.48. The maximum Gasteiger partial charge on any atom is 0.304 e. The molecule has 9 aromatic rings. The Morgan fingerprint density at radius 2 is 1.45 bits per heavy atom. The first kappa shape index (κ1) is 40.5. The predicted molar refractivity (Wildman–Crippen MR) is 269 cm³/mol. The molecule has 0 amide bonds. The third kappa shape index (κ3) is 6.45. The zero-order valence-electron chi connectivity index (χ0n) is 38.5. The highest BCUT2D eigenvalue weighted by atomic mass is 28.3. The van der Waals surface area contributed by atoms with E-state index in [1.165, 1.54) is 66.6 Å². The van der Waals surface area contributed by atoms with Crippen LogP contribution in [0.3, 0.4) is 0 Å². The number of allylic oxidation sites excluding steroid dienone is 1. The van der Waals surface area contributed by atoms with E-state index >= 15 is 0 Å².